The molecule has 4 N–H and O–H groups in total. The van der Waals surface area contributed by atoms with E-state index in [4.69, 9.17) is 5.73 Å². The van der Waals surface area contributed by atoms with Gasteiger partial charge in [0.05, 0.1) is 10.3 Å². The Labute approximate surface area is 222 Å². The van der Waals surface area contributed by atoms with Crippen LogP contribution in [0.1, 0.15) is 49.7 Å². The Bertz CT molecular complexity index is 1590. The minimum absolute atomic E-state index is 0.189. The van der Waals surface area contributed by atoms with E-state index in [1.807, 2.05) is 50.2 Å². The minimum atomic E-state index is -3.78. The van der Waals surface area contributed by atoms with Gasteiger partial charge in [0.15, 0.2) is 0 Å². The zero-order valence-corrected chi connectivity index (χ0v) is 22.3. The molecule has 0 unspecified atom stereocenters. The molecule has 4 aromatic rings. The minimum Gasteiger partial charge on any atom is -0.369 e. The molecule has 1 fully saturated rings. The summed E-state index contributed by atoms with van der Waals surface area (Å²) in [6.45, 7) is 3.97. The van der Waals surface area contributed by atoms with Gasteiger partial charge in [-0.05, 0) is 80.0 Å². The van der Waals surface area contributed by atoms with E-state index in [-0.39, 0.29) is 22.7 Å². The number of hydrogen-bond acceptors (Lipinski definition) is 3. The van der Waals surface area contributed by atoms with Crippen LogP contribution in [0.3, 0.4) is 0 Å². The largest absolute Gasteiger partial charge is 0.369 e. The summed E-state index contributed by atoms with van der Waals surface area (Å²) in [5.41, 5.74) is 9.80. The number of primary amides is 1. The molecule has 0 spiro atoms. The molecule has 1 aliphatic carbocycles. The standard InChI is InChI=1S/C30H32FN3O3S/c1-19-5-3-4-6-26(19)28-17-22-9-12-25(18-27(22)33-28)38(36,37)34-24-13-15-30(16-14-24,29(32)35)20(2)21-7-10-23(31)11-8-21/h3-12,17-18,20,24,33-34H,13-16H2,1-2H3,(H2,32,35)/t20-,24?,30?/m1/s1. The summed E-state index contributed by atoms with van der Waals surface area (Å²) in [5, 5.41) is 0.931. The van der Waals surface area contributed by atoms with Crippen LogP contribution in [-0.4, -0.2) is 25.4 Å². The molecule has 0 aliphatic heterocycles. The van der Waals surface area contributed by atoms with Gasteiger partial charge in [-0.25, -0.2) is 17.5 Å². The summed E-state index contributed by atoms with van der Waals surface area (Å²) >= 11 is 0. The van der Waals surface area contributed by atoms with E-state index in [9.17, 15) is 17.6 Å². The molecule has 3 aromatic carbocycles. The summed E-state index contributed by atoms with van der Waals surface area (Å²) in [5.74, 6) is -0.954. The first-order chi connectivity index (χ1) is 18.1. The van der Waals surface area contributed by atoms with E-state index >= 15 is 0 Å². The SMILES string of the molecule is Cc1ccccc1-c1cc2ccc(S(=O)(=O)NC3CCC(C(N)=O)([C@H](C)c4ccc(F)cc4)CC3)cc2[nH]1. The number of nitrogens with one attached hydrogen (secondary N) is 2. The number of aromatic amines is 1. The number of sulfonamides is 1. The molecule has 0 saturated heterocycles. The Morgan fingerprint density at radius 2 is 1.74 bits per heavy atom. The highest BCUT2D eigenvalue weighted by atomic mass is 32.2. The molecule has 8 heteroatoms. The van der Waals surface area contributed by atoms with Crippen molar-refractivity contribution in [3.63, 3.8) is 0 Å². The van der Waals surface area contributed by atoms with Crippen LogP contribution in [0.5, 0.6) is 0 Å². The number of aromatic nitrogens is 1. The molecule has 5 rings (SSSR count). The van der Waals surface area contributed by atoms with Gasteiger partial charge in [-0.1, -0.05) is 49.4 Å². The molecular formula is C30H32FN3O3S. The van der Waals surface area contributed by atoms with Crippen LogP contribution >= 0.6 is 0 Å². The van der Waals surface area contributed by atoms with Gasteiger partial charge in [-0.3, -0.25) is 4.79 Å². The van der Waals surface area contributed by atoms with Crippen LogP contribution in [0.25, 0.3) is 22.2 Å². The fourth-order valence-electron chi connectivity index (χ4n) is 5.80. The summed E-state index contributed by atoms with van der Waals surface area (Å²) in [4.78, 5) is 16.2. The average molecular weight is 534 g/mol. The first kappa shape index (κ1) is 26.1. The zero-order valence-electron chi connectivity index (χ0n) is 21.5. The second-order valence-electron chi connectivity index (χ2n) is 10.4. The number of benzene rings is 3. The van der Waals surface area contributed by atoms with Crippen molar-refractivity contribution in [3.05, 3.63) is 89.7 Å². The Balaban J connectivity index is 1.32. The van der Waals surface area contributed by atoms with E-state index in [2.05, 4.69) is 9.71 Å². The van der Waals surface area contributed by atoms with E-state index in [0.717, 1.165) is 33.3 Å². The second kappa shape index (κ2) is 10.0. The van der Waals surface area contributed by atoms with E-state index in [1.54, 1.807) is 24.3 Å². The zero-order chi connectivity index (χ0) is 27.1. The van der Waals surface area contributed by atoms with Crippen molar-refractivity contribution in [2.75, 3.05) is 0 Å². The van der Waals surface area contributed by atoms with Gasteiger partial charge in [0, 0.05) is 28.2 Å². The lowest BCUT2D eigenvalue weighted by molar-refractivity contribution is -0.131. The van der Waals surface area contributed by atoms with Crippen molar-refractivity contribution in [1.29, 1.82) is 0 Å². The average Bonchev–Trinajstić information content (AvgIpc) is 3.32. The third-order valence-corrected chi connectivity index (χ3v) is 9.75. The quantitative estimate of drug-likeness (QED) is 0.280. The number of halogens is 1. The number of rotatable bonds is 7. The number of H-pyrrole nitrogens is 1. The second-order valence-corrected chi connectivity index (χ2v) is 12.2. The summed E-state index contributed by atoms with van der Waals surface area (Å²) in [6, 6.07) is 21.0. The maximum atomic E-state index is 13.4. The number of hydrogen-bond donors (Lipinski definition) is 3. The van der Waals surface area contributed by atoms with Crippen LogP contribution in [-0.2, 0) is 14.8 Å². The van der Waals surface area contributed by atoms with Gasteiger partial charge >= 0.3 is 0 Å². The number of fused-ring (bicyclic) bond motifs is 1. The first-order valence-corrected chi connectivity index (χ1v) is 14.3. The van der Waals surface area contributed by atoms with Crippen LogP contribution in [0.2, 0.25) is 0 Å². The Morgan fingerprint density at radius 3 is 2.39 bits per heavy atom. The number of aryl methyl sites for hydroxylation is 1. The summed E-state index contributed by atoms with van der Waals surface area (Å²) in [7, 11) is -3.78. The van der Waals surface area contributed by atoms with Crippen molar-refractivity contribution < 1.29 is 17.6 Å². The predicted octanol–water partition coefficient (Wildman–Crippen LogP) is 5.78. The van der Waals surface area contributed by atoms with Crippen LogP contribution in [0.4, 0.5) is 4.39 Å². The molecule has 198 valence electrons. The first-order valence-electron chi connectivity index (χ1n) is 12.9. The van der Waals surface area contributed by atoms with Crippen molar-refractivity contribution in [2.45, 2.75) is 56.4 Å². The van der Waals surface area contributed by atoms with E-state index in [1.165, 1.54) is 12.1 Å². The van der Waals surface area contributed by atoms with E-state index in [0.29, 0.717) is 25.7 Å². The fourth-order valence-corrected chi connectivity index (χ4v) is 7.13. The highest BCUT2D eigenvalue weighted by Crippen LogP contribution is 2.47. The van der Waals surface area contributed by atoms with Crippen LogP contribution in [0, 0.1) is 18.2 Å². The normalized spacial score (nSPS) is 20.9. The van der Waals surface area contributed by atoms with Gasteiger partial charge in [0.1, 0.15) is 5.82 Å². The Kier molecular flexibility index (Phi) is 6.88. The van der Waals surface area contributed by atoms with E-state index < -0.39 is 21.3 Å². The van der Waals surface area contributed by atoms with Crippen molar-refractivity contribution in [2.24, 2.45) is 11.1 Å². The molecule has 1 aliphatic rings. The molecule has 0 radical (unpaired) electrons. The maximum absolute atomic E-state index is 13.4. The number of carbonyl (C=O) groups is 1. The van der Waals surface area contributed by atoms with Crippen molar-refractivity contribution in [1.82, 2.24) is 9.71 Å². The van der Waals surface area contributed by atoms with Gasteiger partial charge < -0.3 is 10.7 Å². The third-order valence-electron chi connectivity index (χ3n) is 8.23. The molecule has 1 amide bonds. The lowest BCUT2D eigenvalue weighted by Gasteiger charge is -2.42. The molecule has 1 atom stereocenters. The predicted molar refractivity (Wildman–Crippen MR) is 147 cm³/mol. The molecule has 0 bridgehead atoms. The lowest BCUT2D eigenvalue weighted by Crippen LogP contribution is -2.48. The van der Waals surface area contributed by atoms with Gasteiger partial charge in [-0.2, -0.15) is 0 Å². The number of carbonyl (C=O) groups excluding carboxylic acids is 1. The lowest BCUT2D eigenvalue weighted by atomic mass is 9.63. The molecular weight excluding hydrogens is 501 g/mol. The monoisotopic (exact) mass is 533 g/mol. The van der Waals surface area contributed by atoms with Gasteiger partial charge in [0.25, 0.3) is 0 Å². The molecule has 1 aromatic heterocycles. The number of nitrogens with two attached hydrogens (primary N) is 1. The maximum Gasteiger partial charge on any atom is 0.240 e. The summed E-state index contributed by atoms with van der Waals surface area (Å²) < 4.78 is 42.9. The topological polar surface area (TPSA) is 105 Å². The molecule has 38 heavy (non-hydrogen) atoms. The highest BCUT2D eigenvalue weighted by Gasteiger charge is 2.45. The fraction of sp³-hybridized carbons (Fsp3) is 0.300. The molecule has 1 saturated carbocycles. The Hall–Kier alpha value is -3.49. The number of amides is 1. The van der Waals surface area contributed by atoms with Crippen molar-refractivity contribution in [3.8, 4) is 11.3 Å². The van der Waals surface area contributed by atoms with Crippen LogP contribution in [0.15, 0.2) is 77.7 Å². The molecule has 1 heterocycles. The summed E-state index contributed by atoms with van der Waals surface area (Å²) in [6.07, 6.45) is 1.86. The molecule has 6 nitrogen and oxygen atoms in total. The third kappa shape index (κ3) is 4.86. The van der Waals surface area contributed by atoms with Gasteiger partial charge in [0.2, 0.25) is 15.9 Å². The van der Waals surface area contributed by atoms with Gasteiger partial charge in [-0.15, -0.1) is 0 Å². The smallest absolute Gasteiger partial charge is 0.240 e. The highest BCUT2D eigenvalue weighted by molar-refractivity contribution is 7.89. The van der Waals surface area contributed by atoms with Crippen LogP contribution < -0.4 is 10.5 Å². The Morgan fingerprint density at radius 1 is 1.05 bits per heavy atom. The van der Waals surface area contributed by atoms with Crippen molar-refractivity contribution >= 4 is 26.8 Å².